The number of aromatic nitrogens is 5. The third-order valence-corrected chi connectivity index (χ3v) is 5.95. The van der Waals surface area contributed by atoms with Crippen LogP contribution in [0.15, 0.2) is 64.3 Å². The average molecular weight is 473 g/mol. The standard InChI is InChI=1S/C23H19N7O5/c24-22-13-1-2-14-18(20(13)35-28-22)16(31)11-15(26-14)19(32)21-23(33)29(9-10-34-21)17-5-8-30(27-17)12-3-6-25-7-4-12/h1-8,11,19,21,28,32H,9-10,24H2/t19-,21+/m0/s1. The third-order valence-electron chi connectivity index (χ3n) is 5.95. The van der Waals surface area contributed by atoms with Gasteiger partial charge in [0, 0.05) is 30.7 Å². The molecule has 0 radical (unpaired) electrons. The van der Waals surface area contributed by atoms with E-state index in [4.69, 9.17) is 15.0 Å². The summed E-state index contributed by atoms with van der Waals surface area (Å²) in [6.45, 7) is 0.442. The molecule has 12 heteroatoms. The zero-order valence-electron chi connectivity index (χ0n) is 18.2. The Morgan fingerprint density at radius 3 is 2.83 bits per heavy atom. The van der Waals surface area contributed by atoms with Crippen LogP contribution in [0.25, 0.3) is 27.6 Å². The molecule has 0 spiro atoms. The van der Waals surface area contributed by atoms with Crippen molar-refractivity contribution in [3.63, 3.8) is 0 Å². The number of H-pyrrole nitrogens is 1. The highest BCUT2D eigenvalue weighted by Crippen LogP contribution is 2.29. The van der Waals surface area contributed by atoms with Crippen molar-refractivity contribution < 1.29 is 19.2 Å². The molecule has 4 aromatic heterocycles. The first-order valence-electron chi connectivity index (χ1n) is 10.8. The lowest BCUT2D eigenvalue weighted by Gasteiger charge is -2.33. The molecule has 1 amide bonds. The number of aliphatic hydroxyl groups is 1. The van der Waals surface area contributed by atoms with Crippen LogP contribution in [0.4, 0.5) is 11.6 Å². The summed E-state index contributed by atoms with van der Waals surface area (Å²) in [5, 5.41) is 18.8. The Morgan fingerprint density at radius 2 is 2.00 bits per heavy atom. The Hall–Kier alpha value is -4.55. The van der Waals surface area contributed by atoms with Crippen molar-refractivity contribution in [1.29, 1.82) is 0 Å². The van der Waals surface area contributed by atoms with Gasteiger partial charge in [0.15, 0.2) is 22.9 Å². The van der Waals surface area contributed by atoms with E-state index in [1.165, 1.54) is 11.0 Å². The van der Waals surface area contributed by atoms with Crippen LogP contribution in [0.5, 0.6) is 0 Å². The Labute approximate surface area is 196 Å². The lowest BCUT2D eigenvalue weighted by Crippen LogP contribution is -2.50. The molecule has 12 nitrogen and oxygen atoms in total. The number of aliphatic hydroxyl groups excluding tert-OH is 1. The van der Waals surface area contributed by atoms with E-state index < -0.39 is 23.5 Å². The van der Waals surface area contributed by atoms with Gasteiger partial charge in [-0.1, -0.05) is 0 Å². The number of carbonyl (C=O) groups excluding carboxylic acids is 1. The van der Waals surface area contributed by atoms with E-state index in [1.807, 2.05) is 0 Å². The SMILES string of the molecule is Nc1[nH]oc2c1ccc1nc([C@H](O)[C@H]3OCCN(c4ccn(-c5ccncc5)n4)C3=O)cc(=O)c12. The number of rotatable bonds is 4. The number of benzene rings is 1. The molecule has 2 atom stereocenters. The van der Waals surface area contributed by atoms with E-state index in [0.29, 0.717) is 16.7 Å². The zero-order valence-corrected chi connectivity index (χ0v) is 18.2. The van der Waals surface area contributed by atoms with E-state index in [1.54, 1.807) is 53.6 Å². The summed E-state index contributed by atoms with van der Waals surface area (Å²) in [6, 6.07) is 9.74. The number of amides is 1. The average Bonchev–Trinajstić information content (AvgIpc) is 3.51. The van der Waals surface area contributed by atoms with E-state index in [0.717, 1.165) is 5.69 Å². The molecule has 4 N–H and O–H groups in total. The number of nitrogens with zero attached hydrogens (tertiary/aromatic N) is 5. The zero-order chi connectivity index (χ0) is 24.1. The monoisotopic (exact) mass is 473 g/mol. The molecule has 0 bridgehead atoms. The fourth-order valence-electron chi connectivity index (χ4n) is 4.23. The summed E-state index contributed by atoms with van der Waals surface area (Å²) in [4.78, 5) is 36.0. The van der Waals surface area contributed by atoms with Crippen molar-refractivity contribution in [3.05, 3.63) is 70.9 Å². The number of carbonyl (C=O) groups is 1. The normalized spacial score (nSPS) is 17.3. The van der Waals surface area contributed by atoms with Gasteiger partial charge in [0.2, 0.25) is 0 Å². The number of nitrogens with one attached hydrogen (secondary N) is 1. The van der Waals surface area contributed by atoms with Crippen LogP contribution in [-0.2, 0) is 9.53 Å². The van der Waals surface area contributed by atoms with Gasteiger partial charge in [-0.2, -0.15) is 0 Å². The molecular formula is C23H19N7O5. The molecule has 1 aliphatic rings. The van der Waals surface area contributed by atoms with Gasteiger partial charge in [-0.15, -0.1) is 5.10 Å². The quantitative estimate of drug-likeness (QED) is 0.349. The number of pyridine rings is 2. The number of hydrogen-bond acceptors (Lipinski definition) is 9. The van der Waals surface area contributed by atoms with Gasteiger partial charge in [-0.3, -0.25) is 19.5 Å². The Bertz CT molecular complexity index is 1620. The molecule has 1 saturated heterocycles. The molecule has 6 rings (SSSR count). The molecule has 5 aromatic rings. The second-order valence-electron chi connectivity index (χ2n) is 8.05. The molecule has 1 aromatic carbocycles. The maximum absolute atomic E-state index is 13.3. The Balaban J connectivity index is 1.31. The minimum Gasteiger partial charge on any atom is -0.383 e. The number of fused-ring (bicyclic) bond motifs is 3. The van der Waals surface area contributed by atoms with Gasteiger partial charge in [-0.25, -0.2) is 14.8 Å². The number of morpholine rings is 1. The fourth-order valence-corrected chi connectivity index (χ4v) is 4.23. The van der Waals surface area contributed by atoms with Crippen LogP contribution in [0, 0.1) is 0 Å². The summed E-state index contributed by atoms with van der Waals surface area (Å²) in [6.07, 6.45) is 2.30. The first-order chi connectivity index (χ1) is 17.0. The van der Waals surface area contributed by atoms with Crippen molar-refractivity contribution in [2.24, 2.45) is 0 Å². The van der Waals surface area contributed by atoms with Crippen molar-refractivity contribution in [1.82, 2.24) is 24.9 Å². The first-order valence-corrected chi connectivity index (χ1v) is 10.8. The van der Waals surface area contributed by atoms with Gasteiger partial charge in [0.05, 0.1) is 40.8 Å². The molecule has 0 saturated carbocycles. The van der Waals surface area contributed by atoms with Crippen molar-refractivity contribution in [2.45, 2.75) is 12.2 Å². The molecular weight excluding hydrogens is 454 g/mol. The predicted molar refractivity (Wildman–Crippen MR) is 125 cm³/mol. The number of nitrogen functional groups attached to an aromatic ring is 1. The van der Waals surface area contributed by atoms with E-state index in [9.17, 15) is 14.7 Å². The Kier molecular flexibility index (Phi) is 4.83. The molecule has 0 unspecified atom stereocenters. The second-order valence-corrected chi connectivity index (χ2v) is 8.05. The molecule has 1 aliphatic heterocycles. The van der Waals surface area contributed by atoms with Gasteiger partial charge in [0.25, 0.3) is 5.91 Å². The largest absolute Gasteiger partial charge is 0.383 e. The lowest BCUT2D eigenvalue weighted by atomic mass is 10.0. The minimum absolute atomic E-state index is 0.0212. The molecule has 35 heavy (non-hydrogen) atoms. The van der Waals surface area contributed by atoms with Gasteiger partial charge in [0.1, 0.15) is 11.9 Å². The summed E-state index contributed by atoms with van der Waals surface area (Å²) in [7, 11) is 0. The van der Waals surface area contributed by atoms with Crippen molar-refractivity contribution >= 4 is 39.4 Å². The van der Waals surface area contributed by atoms with E-state index in [-0.39, 0.29) is 35.6 Å². The second kappa shape index (κ2) is 8.04. The van der Waals surface area contributed by atoms with Crippen LogP contribution in [0.2, 0.25) is 0 Å². The topological polar surface area (TPSA) is 165 Å². The maximum Gasteiger partial charge on any atom is 0.260 e. The Morgan fingerprint density at radius 1 is 1.17 bits per heavy atom. The summed E-state index contributed by atoms with van der Waals surface area (Å²) < 4.78 is 12.6. The predicted octanol–water partition coefficient (Wildman–Crippen LogP) is 1.30. The third kappa shape index (κ3) is 3.43. The highest BCUT2D eigenvalue weighted by Gasteiger charge is 2.38. The van der Waals surface area contributed by atoms with E-state index in [2.05, 4.69) is 20.2 Å². The lowest BCUT2D eigenvalue weighted by molar-refractivity contribution is -0.143. The first kappa shape index (κ1) is 21.0. The highest BCUT2D eigenvalue weighted by atomic mass is 16.5. The van der Waals surface area contributed by atoms with Crippen LogP contribution in [-0.4, -0.2) is 55.2 Å². The highest BCUT2D eigenvalue weighted by molar-refractivity contribution is 6.05. The van der Waals surface area contributed by atoms with Crippen molar-refractivity contribution in [3.8, 4) is 5.69 Å². The van der Waals surface area contributed by atoms with Crippen LogP contribution in [0.1, 0.15) is 11.8 Å². The molecule has 1 fully saturated rings. The number of aromatic amines is 1. The number of anilines is 2. The van der Waals surface area contributed by atoms with E-state index >= 15 is 0 Å². The number of ether oxygens (including phenoxy) is 1. The van der Waals surface area contributed by atoms with Gasteiger partial charge >= 0.3 is 0 Å². The van der Waals surface area contributed by atoms with Crippen LogP contribution in [0.3, 0.4) is 0 Å². The van der Waals surface area contributed by atoms with Gasteiger partial charge in [-0.05, 0) is 24.3 Å². The van der Waals surface area contributed by atoms with Crippen LogP contribution >= 0.6 is 0 Å². The maximum atomic E-state index is 13.3. The van der Waals surface area contributed by atoms with Gasteiger partial charge < -0.3 is 20.1 Å². The number of hydrogen-bond donors (Lipinski definition) is 3. The smallest absolute Gasteiger partial charge is 0.260 e. The molecule has 176 valence electrons. The molecule has 5 heterocycles. The van der Waals surface area contributed by atoms with Crippen LogP contribution < -0.4 is 16.1 Å². The fraction of sp³-hybridized carbons (Fsp3) is 0.174. The summed E-state index contributed by atoms with van der Waals surface area (Å²) in [5.74, 6) is 0.220. The summed E-state index contributed by atoms with van der Waals surface area (Å²) in [5.41, 5.74) is 6.79. The summed E-state index contributed by atoms with van der Waals surface area (Å²) >= 11 is 0. The minimum atomic E-state index is -1.46. The van der Waals surface area contributed by atoms with Crippen molar-refractivity contribution in [2.75, 3.05) is 23.8 Å². The number of nitrogens with two attached hydrogens (primary N) is 1. The molecule has 0 aliphatic carbocycles.